The lowest BCUT2D eigenvalue weighted by Gasteiger charge is -2.06. The molecule has 0 bridgehead atoms. The Morgan fingerprint density at radius 3 is 1.69 bits per heavy atom. The van der Waals surface area contributed by atoms with Gasteiger partial charge in [0, 0.05) is 39.3 Å². The number of hydrogen-bond donors (Lipinski definition) is 4. The highest BCUT2D eigenvalue weighted by molar-refractivity contribution is 7.33. The molecule has 0 fully saturated rings. The molecule has 0 rings (SSSR count). The Labute approximate surface area is 97.2 Å². The highest BCUT2D eigenvalue weighted by Crippen LogP contribution is 2.22. The fraction of sp³-hybridized carbons (Fsp3) is 1.00. The summed E-state index contributed by atoms with van der Waals surface area (Å²) in [6, 6.07) is 0. The molecule has 98 valence electrons. The lowest BCUT2D eigenvalue weighted by Crippen LogP contribution is -2.26. The minimum absolute atomic E-state index is 0.369. The third-order valence-corrected chi connectivity index (χ3v) is 2.52. The van der Waals surface area contributed by atoms with Crippen molar-refractivity contribution in [3.8, 4) is 0 Å². The first-order chi connectivity index (χ1) is 7.81. The summed E-state index contributed by atoms with van der Waals surface area (Å²) in [6.45, 7) is 4.62. The second kappa shape index (κ2) is 13.1. The summed E-state index contributed by atoms with van der Waals surface area (Å²) in [6.07, 6.45) is 0. The number of nitrogens with one attached hydrogen (secondary N) is 2. The topological polar surface area (TPSA) is 112 Å². The summed E-state index contributed by atoms with van der Waals surface area (Å²) in [7, 11) is -2.36. The average Bonchev–Trinajstić information content (AvgIpc) is 2.28. The molecular formula is C8H23N4O3P. The zero-order valence-corrected chi connectivity index (χ0v) is 10.5. The van der Waals surface area contributed by atoms with Gasteiger partial charge in [0.25, 0.3) is 0 Å². The van der Waals surface area contributed by atoms with Crippen molar-refractivity contribution < 1.29 is 13.6 Å². The molecule has 0 spiro atoms. The summed E-state index contributed by atoms with van der Waals surface area (Å²) in [5, 5.41) is 6.04. The van der Waals surface area contributed by atoms with Crippen molar-refractivity contribution in [1.29, 1.82) is 0 Å². The van der Waals surface area contributed by atoms with Gasteiger partial charge in [-0.05, 0) is 0 Å². The van der Waals surface area contributed by atoms with Crippen LogP contribution < -0.4 is 22.1 Å². The van der Waals surface area contributed by atoms with Crippen LogP contribution in [0.25, 0.3) is 0 Å². The fourth-order valence-electron chi connectivity index (χ4n) is 0.909. The molecule has 8 heteroatoms. The second-order valence-electron chi connectivity index (χ2n) is 3.02. The van der Waals surface area contributed by atoms with Gasteiger partial charge in [0.15, 0.2) is 0 Å². The summed E-state index contributed by atoms with van der Waals surface area (Å²) in [5.74, 6) is 0. The van der Waals surface area contributed by atoms with Crippen LogP contribution in [0, 0.1) is 0 Å². The highest BCUT2D eigenvalue weighted by atomic mass is 31.1. The van der Waals surface area contributed by atoms with Gasteiger partial charge in [-0.2, -0.15) is 0 Å². The Kier molecular flexibility index (Phi) is 13.0. The maximum Gasteiger partial charge on any atom is 0.319 e. The Morgan fingerprint density at radius 2 is 1.31 bits per heavy atom. The Morgan fingerprint density at radius 1 is 0.875 bits per heavy atom. The predicted octanol–water partition coefficient (Wildman–Crippen LogP) is -1.49. The van der Waals surface area contributed by atoms with Crippen molar-refractivity contribution in [2.24, 2.45) is 11.5 Å². The number of hydrogen-bond acceptors (Lipinski definition) is 7. The molecule has 0 aliphatic rings. The van der Waals surface area contributed by atoms with Crippen molar-refractivity contribution in [2.45, 2.75) is 0 Å². The van der Waals surface area contributed by atoms with Crippen LogP contribution in [0.15, 0.2) is 0 Å². The van der Waals surface area contributed by atoms with Crippen LogP contribution in [-0.4, -0.2) is 52.5 Å². The van der Waals surface area contributed by atoms with Gasteiger partial charge < -0.3 is 31.1 Å². The number of rotatable bonds is 12. The van der Waals surface area contributed by atoms with Gasteiger partial charge >= 0.3 is 8.25 Å². The second-order valence-corrected chi connectivity index (χ2v) is 4.10. The molecule has 0 aromatic heterocycles. The van der Waals surface area contributed by atoms with E-state index >= 15 is 0 Å². The van der Waals surface area contributed by atoms with Gasteiger partial charge in [0.2, 0.25) is 0 Å². The molecule has 7 nitrogen and oxygen atoms in total. The fourth-order valence-corrected chi connectivity index (χ4v) is 1.53. The SMILES string of the molecule is NCCNCCO[PH](=O)OCCNCCN. The molecular weight excluding hydrogens is 231 g/mol. The van der Waals surface area contributed by atoms with Crippen molar-refractivity contribution in [1.82, 2.24) is 10.6 Å². The molecule has 0 atom stereocenters. The van der Waals surface area contributed by atoms with E-state index in [0.29, 0.717) is 39.4 Å². The molecule has 0 aliphatic heterocycles. The van der Waals surface area contributed by atoms with E-state index in [2.05, 4.69) is 10.6 Å². The van der Waals surface area contributed by atoms with Crippen LogP contribution in [0.1, 0.15) is 0 Å². The van der Waals surface area contributed by atoms with E-state index in [1.54, 1.807) is 0 Å². The minimum Gasteiger partial charge on any atom is -0.329 e. The lowest BCUT2D eigenvalue weighted by atomic mass is 10.6. The van der Waals surface area contributed by atoms with Crippen LogP contribution in [0.3, 0.4) is 0 Å². The van der Waals surface area contributed by atoms with Crippen molar-refractivity contribution in [3.05, 3.63) is 0 Å². The minimum atomic E-state index is -2.36. The predicted molar refractivity (Wildman–Crippen MR) is 64.8 cm³/mol. The van der Waals surface area contributed by atoms with E-state index in [1.165, 1.54) is 0 Å². The third kappa shape index (κ3) is 12.1. The van der Waals surface area contributed by atoms with E-state index in [9.17, 15) is 4.57 Å². The Bertz CT molecular complexity index is 157. The van der Waals surface area contributed by atoms with Crippen LogP contribution in [0.2, 0.25) is 0 Å². The molecule has 0 aromatic carbocycles. The zero-order valence-electron chi connectivity index (χ0n) is 9.54. The van der Waals surface area contributed by atoms with E-state index in [0.717, 1.165) is 13.1 Å². The number of nitrogens with two attached hydrogens (primary N) is 2. The quantitative estimate of drug-likeness (QED) is 0.248. The van der Waals surface area contributed by atoms with Gasteiger partial charge in [-0.1, -0.05) is 0 Å². The van der Waals surface area contributed by atoms with Crippen molar-refractivity contribution in [3.63, 3.8) is 0 Å². The molecule has 0 amide bonds. The molecule has 0 aliphatic carbocycles. The van der Waals surface area contributed by atoms with E-state index in [-0.39, 0.29) is 0 Å². The summed E-state index contributed by atoms with van der Waals surface area (Å²) in [5.41, 5.74) is 10.6. The molecule has 6 N–H and O–H groups in total. The first-order valence-corrected chi connectivity index (χ1v) is 6.65. The van der Waals surface area contributed by atoms with Gasteiger partial charge in [-0.3, -0.25) is 4.57 Å². The normalized spacial score (nSPS) is 11.2. The van der Waals surface area contributed by atoms with Crippen molar-refractivity contribution >= 4 is 8.25 Å². The molecule has 0 aromatic rings. The molecule has 0 heterocycles. The lowest BCUT2D eigenvalue weighted by molar-refractivity contribution is 0.226. The van der Waals surface area contributed by atoms with Gasteiger partial charge in [0.1, 0.15) is 0 Å². The van der Waals surface area contributed by atoms with Gasteiger partial charge in [-0.25, -0.2) is 0 Å². The summed E-state index contributed by atoms with van der Waals surface area (Å²) in [4.78, 5) is 0. The van der Waals surface area contributed by atoms with Gasteiger partial charge in [0.05, 0.1) is 13.2 Å². The molecule has 0 saturated heterocycles. The van der Waals surface area contributed by atoms with Gasteiger partial charge in [-0.15, -0.1) is 0 Å². The molecule has 0 saturated carbocycles. The maximum atomic E-state index is 11.1. The highest BCUT2D eigenvalue weighted by Gasteiger charge is 1.98. The average molecular weight is 254 g/mol. The maximum absolute atomic E-state index is 11.1. The van der Waals surface area contributed by atoms with Crippen molar-refractivity contribution in [2.75, 3.05) is 52.5 Å². The standard InChI is InChI=1S/C8H23N4O3P/c9-1-3-11-5-7-14-16(13)15-8-6-12-4-2-10/h11-12,16H,1-10H2. The molecule has 0 unspecified atom stereocenters. The largest absolute Gasteiger partial charge is 0.329 e. The Balaban J connectivity index is 3.12. The monoisotopic (exact) mass is 254 g/mol. The van der Waals surface area contributed by atoms with Crippen LogP contribution in [-0.2, 0) is 13.6 Å². The third-order valence-electron chi connectivity index (χ3n) is 1.64. The van der Waals surface area contributed by atoms with Crippen LogP contribution >= 0.6 is 8.25 Å². The molecule has 16 heavy (non-hydrogen) atoms. The Hall–Kier alpha value is -0.0100. The van der Waals surface area contributed by atoms with Crippen LogP contribution in [0.5, 0.6) is 0 Å². The van der Waals surface area contributed by atoms with Crippen LogP contribution in [0.4, 0.5) is 0 Å². The first-order valence-electron chi connectivity index (χ1n) is 5.42. The summed E-state index contributed by atoms with van der Waals surface area (Å²) >= 11 is 0. The smallest absolute Gasteiger partial charge is 0.319 e. The zero-order chi connectivity index (χ0) is 12.1. The van der Waals surface area contributed by atoms with E-state index in [4.69, 9.17) is 20.5 Å². The first kappa shape index (κ1) is 16.0. The van der Waals surface area contributed by atoms with E-state index < -0.39 is 8.25 Å². The molecule has 0 radical (unpaired) electrons. The summed E-state index contributed by atoms with van der Waals surface area (Å²) < 4.78 is 21.1. The van der Waals surface area contributed by atoms with E-state index in [1.807, 2.05) is 0 Å².